The van der Waals surface area contributed by atoms with Gasteiger partial charge in [-0.1, -0.05) is 23.7 Å². The van der Waals surface area contributed by atoms with Crippen molar-refractivity contribution in [3.63, 3.8) is 0 Å². The van der Waals surface area contributed by atoms with E-state index in [0.717, 1.165) is 11.0 Å². The van der Waals surface area contributed by atoms with Crippen molar-refractivity contribution in [2.75, 3.05) is 6.61 Å². The van der Waals surface area contributed by atoms with E-state index in [4.69, 9.17) is 25.6 Å². The summed E-state index contributed by atoms with van der Waals surface area (Å²) in [6.07, 6.45) is 3.04. The van der Waals surface area contributed by atoms with E-state index in [1.54, 1.807) is 19.1 Å². The zero-order chi connectivity index (χ0) is 17.3. The fourth-order valence-electron chi connectivity index (χ4n) is 2.16. The summed E-state index contributed by atoms with van der Waals surface area (Å²) in [6, 6.07) is 5.49. The van der Waals surface area contributed by atoms with Gasteiger partial charge in [0.15, 0.2) is 0 Å². The van der Waals surface area contributed by atoms with Gasteiger partial charge >= 0.3 is 13.1 Å². The van der Waals surface area contributed by atoms with Crippen molar-refractivity contribution in [3.05, 3.63) is 34.9 Å². The van der Waals surface area contributed by atoms with Crippen molar-refractivity contribution in [1.82, 2.24) is 0 Å². The van der Waals surface area contributed by atoms with E-state index in [1.807, 2.05) is 39.8 Å². The van der Waals surface area contributed by atoms with Gasteiger partial charge in [0.25, 0.3) is 0 Å². The molecular formula is C17H22BClO4. The Morgan fingerprint density at radius 1 is 1.26 bits per heavy atom. The first kappa shape index (κ1) is 18.0. The molecule has 0 radical (unpaired) electrons. The van der Waals surface area contributed by atoms with Gasteiger partial charge in [0, 0.05) is 16.6 Å². The van der Waals surface area contributed by atoms with Crippen LogP contribution in [0.2, 0.25) is 5.02 Å². The summed E-state index contributed by atoms with van der Waals surface area (Å²) >= 11 is 6.36. The van der Waals surface area contributed by atoms with E-state index < -0.39 is 18.3 Å². The smallest absolute Gasteiger partial charge is 0.463 e. The summed E-state index contributed by atoms with van der Waals surface area (Å²) in [5, 5.41) is 0.537. The van der Waals surface area contributed by atoms with Gasteiger partial charge in [0.05, 0.1) is 17.8 Å². The number of hydrogen-bond donors (Lipinski definition) is 0. The number of halogens is 1. The molecule has 4 nitrogen and oxygen atoms in total. The Hall–Kier alpha value is -1.30. The van der Waals surface area contributed by atoms with E-state index in [-0.39, 0.29) is 5.97 Å². The fourth-order valence-corrected chi connectivity index (χ4v) is 2.44. The molecule has 0 unspecified atom stereocenters. The molecule has 124 valence electrons. The van der Waals surface area contributed by atoms with Crippen LogP contribution >= 0.6 is 11.6 Å². The lowest BCUT2D eigenvalue weighted by molar-refractivity contribution is -0.137. The van der Waals surface area contributed by atoms with E-state index in [2.05, 4.69) is 0 Å². The third kappa shape index (κ3) is 3.97. The van der Waals surface area contributed by atoms with Gasteiger partial charge in [-0.2, -0.15) is 0 Å². The van der Waals surface area contributed by atoms with E-state index >= 15 is 0 Å². The van der Waals surface area contributed by atoms with Crippen LogP contribution in [0.4, 0.5) is 0 Å². The molecule has 0 aromatic heterocycles. The van der Waals surface area contributed by atoms with E-state index in [9.17, 15) is 4.79 Å². The highest BCUT2D eigenvalue weighted by molar-refractivity contribution is 6.65. The topological polar surface area (TPSA) is 44.8 Å². The van der Waals surface area contributed by atoms with Gasteiger partial charge < -0.3 is 14.0 Å². The monoisotopic (exact) mass is 336 g/mol. The van der Waals surface area contributed by atoms with Crippen LogP contribution in [0.25, 0.3) is 6.08 Å². The lowest BCUT2D eigenvalue weighted by Crippen LogP contribution is -2.41. The Kier molecular flexibility index (Phi) is 5.24. The Morgan fingerprint density at radius 3 is 2.39 bits per heavy atom. The zero-order valence-corrected chi connectivity index (χ0v) is 14.9. The Labute approximate surface area is 142 Å². The molecule has 0 amide bonds. The predicted molar refractivity (Wildman–Crippen MR) is 92.8 cm³/mol. The summed E-state index contributed by atoms with van der Waals surface area (Å²) < 4.78 is 16.9. The molecule has 0 bridgehead atoms. The molecule has 0 N–H and O–H groups in total. The number of ether oxygens (including phenoxy) is 1. The van der Waals surface area contributed by atoms with Crippen molar-refractivity contribution in [1.29, 1.82) is 0 Å². The third-order valence-electron chi connectivity index (χ3n) is 4.23. The Balaban J connectivity index is 2.16. The van der Waals surface area contributed by atoms with Crippen molar-refractivity contribution in [2.24, 2.45) is 0 Å². The van der Waals surface area contributed by atoms with Gasteiger partial charge in [0.1, 0.15) is 0 Å². The lowest BCUT2D eigenvalue weighted by Gasteiger charge is -2.32. The summed E-state index contributed by atoms with van der Waals surface area (Å²) in [6.45, 7) is 10.1. The Bertz CT molecular complexity index is 609. The highest BCUT2D eigenvalue weighted by Gasteiger charge is 2.52. The molecule has 1 aliphatic rings. The van der Waals surface area contributed by atoms with Crippen LogP contribution < -0.4 is 5.46 Å². The number of esters is 1. The molecule has 1 aliphatic heterocycles. The van der Waals surface area contributed by atoms with Crippen LogP contribution in [0.15, 0.2) is 24.3 Å². The van der Waals surface area contributed by atoms with Gasteiger partial charge in [-0.15, -0.1) is 0 Å². The van der Waals surface area contributed by atoms with Crippen LogP contribution in [-0.4, -0.2) is 30.9 Å². The third-order valence-corrected chi connectivity index (χ3v) is 4.56. The largest absolute Gasteiger partial charge is 0.496 e. The molecule has 0 aliphatic carbocycles. The molecule has 6 heteroatoms. The quantitative estimate of drug-likeness (QED) is 0.481. The standard InChI is InChI=1S/C17H22BClO4/c1-6-21-15(20)10-8-12-7-9-13(14(19)11-12)18-22-16(2,3)17(4,5)23-18/h7-11H,6H2,1-5H3/b10-8+. The maximum atomic E-state index is 11.3. The maximum absolute atomic E-state index is 11.3. The van der Waals surface area contributed by atoms with Crippen molar-refractivity contribution < 1.29 is 18.8 Å². The number of rotatable bonds is 4. The van der Waals surface area contributed by atoms with Gasteiger partial charge in [0.2, 0.25) is 0 Å². The minimum absolute atomic E-state index is 0.352. The molecular weight excluding hydrogens is 314 g/mol. The molecule has 0 spiro atoms. The maximum Gasteiger partial charge on any atom is 0.496 e. The summed E-state index contributed by atoms with van der Waals surface area (Å²) in [4.78, 5) is 11.3. The average molecular weight is 337 g/mol. The van der Waals surface area contributed by atoms with Crippen molar-refractivity contribution in [3.8, 4) is 0 Å². The molecule has 1 heterocycles. The van der Waals surface area contributed by atoms with Gasteiger partial charge in [-0.25, -0.2) is 4.79 Å². The van der Waals surface area contributed by atoms with E-state index in [0.29, 0.717) is 11.6 Å². The van der Waals surface area contributed by atoms with Crippen LogP contribution in [0.5, 0.6) is 0 Å². The highest BCUT2D eigenvalue weighted by Crippen LogP contribution is 2.37. The first-order chi connectivity index (χ1) is 10.7. The first-order valence-electron chi connectivity index (χ1n) is 7.66. The minimum Gasteiger partial charge on any atom is -0.463 e. The predicted octanol–water partition coefficient (Wildman–Crippen LogP) is 3.22. The summed E-state index contributed by atoms with van der Waals surface area (Å²) in [7, 11) is -0.504. The highest BCUT2D eigenvalue weighted by atomic mass is 35.5. The van der Waals surface area contributed by atoms with Crippen LogP contribution in [0.1, 0.15) is 40.2 Å². The number of hydrogen-bond acceptors (Lipinski definition) is 4. The SMILES string of the molecule is CCOC(=O)/C=C/c1ccc(B2OC(C)(C)C(C)(C)O2)c(Cl)c1. The Morgan fingerprint density at radius 2 is 1.87 bits per heavy atom. The van der Waals surface area contributed by atoms with Gasteiger partial charge in [-0.3, -0.25) is 0 Å². The molecule has 1 aromatic rings. The molecule has 0 atom stereocenters. The second kappa shape index (κ2) is 6.67. The van der Waals surface area contributed by atoms with Gasteiger partial charge in [-0.05, 0) is 52.3 Å². The minimum atomic E-state index is -0.504. The first-order valence-corrected chi connectivity index (χ1v) is 8.04. The normalized spacial score (nSPS) is 19.3. The fraction of sp³-hybridized carbons (Fsp3) is 0.471. The molecule has 1 fully saturated rings. The number of carbonyl (C=O) groups is 1. The average Bonchev–Trinajstić information content (AvgIpc) is 2.65. The van der Waals surface area contributed by atoms with Crippen LogP contribution in [-0.2, 0) is 18.8 Å². The second-order valence-corrected chi connectivity index (χ2v) is 6.86. The molecule has 0 saturated carbocycles. The summed E-state index contributed by atoms with van der Waals surface area (Å²) in [5.41, 5.74) is 0.759. The lowest BCUT2D eigenvalue weighted by atomic mass is 9.78. The second-order valence-electron chi connectivity index (χ2n) is 6.45. The van der Waals surface area contributed by atoms with Crippen LogP contribution in [0.3, 0.4) is 0 Å². The van der Waals surface area contributed by atoms with Crippen molar-refractivity contribution in [2.45, 2.75) is 45.8 Å². The summed E-state index contributed by atoms with van der Waals surface area (Å²) in [5.74, 6) is -0.376. The number of carbonyl (C=O) groups excluding carboxylic acids is 1. The number of benzene rings is 1. The molecule has 1 aromatic carbocycles. The molecule has 23 heavy (non-hydrogen) atoms. The van der Waals surface area contributed by atoms with Crippen LogP contribution in [0, 0.1) is 0 Å². The molecule has 2 rings (SSSR count). The molecule has 1 saturated heterocycles. The van der Waals surface area contributed by atoms with Crippen molar-refractivity contribution >= 4 is 36.2 Å². The zero-order valence-electron chi connectivity index (χ0n) is 14.2. The van der Waals surface area contributed by atoms with E-state index in [1.165, 1.54) is 6.08 Å².